The van der Waals surface area contributed by atoms with Gasteiger partial charge in [0.15, 0.2) is 0 Å². The molecular weight excluding hydrogens is 224 g/mol. The van der Waals surface area contributed by atoms with Crippen LogP contribution in [0.25, 0.3) is 0 Å². The number of nitrogens with one attached hydrogen (secondary N) is 2. The van der Waals surface area contributed by atoms with E-state index < -0.39 is 0 Å². The molecule has 1 saturated heterocycles. The Bertz CT molecular complexity index is 393. The van der Waals surface area contributed by atoms with E-state index in [2.05, 4.69) is 41.8 Å². The summed E-state index contributed by atoms with van der Waals surface area (Å²) in [6.07, 6.45) is 3.27. The number of amides is 1. The van der Waals surface area contributed by atoms with Crippen molar-refractivity contribution < 1.29 is 4.79 Å². The van der Waals surface area contributed by atoms with Crippen molar-refractivity contribution in [2.75, 3.05) is 6.54 Å². The first-order valence-electron chi connectivity index (χ1n) is 6.77. The molecule has 1 amide bonds. The van der Waals surface area contributed by atoms with Gasteiger partial charge in [-0.3, -0.25) is 4.79 Å². The van der Waals surface area contributed by atoms with Gasteiger partial charge in [0.25, 0.3) is 0 Å². The highest BCUT2D eigenvalue weighted by atomic mass is 16.2. The molecule has 1 aliphatic heterocycles. The van der Waals surface area contributed by atoms with Crippen LogP contribution in [-0.2, 0) is 4.79 Å². The summed E-state index contributed by atoms with van der Waals surface area (Å²) >= 11 is 0. The maximum Gasteiger partial charge on any atom is 0.237 e. The average molecular weight is 246 g/mol. The predicted molar refractivity (Wildman–Crippen MR) is 73.4 cm³/mol. The summed E-state index contributed by atoms with van der Waals surface area (Å²) in [6, 6.07) is 8.38. The second-order valence-corrected chi connectivity index (χ2v) is 5.14. The highest BCUT2D eigenvalue weighted by Gasteiger charge is 2.21. The largest absolute Gasteiger partial charge is 0.348 e. The molecule has 0 saturated carbocycles. The van der Waals surface area contributed by atoms with Crippen LogP contribution in [0.1, 0.15) is 43.4 Å². The summed E-state index contributed by atoms with van der Waals surface area (Å²) in [5.41, 5.74) is 2.40. The monoisotopic (exact) mass is 246 g/mol. The van der Waals surface area contributed by atoms with E-state index in [-0.39, 0.29) is 18.0 Å². The van der Waals surface area contributed by atoms with Crippen LogP contribution >= 0.6 is 0 Å². The Labute approximate surface area is 109 Å². The fourth-order valence-corrected chi connectivity index (χ4v) is 2.33. The third kappa shape index (κ3) is 3.33. The van der Waals surface area contributed by atoms with Gasteiger partial charge in [0, 0.05) is 0 Å². The van der Waals surface area contributed by atoms with Crippen molar-refractivity contribution >= 4 is 5.91 Å². The van der Waals surface area contributed by atoms with E-state index in [4.69, 9.17) is 0 Å². The summed E-state index contributed by atoms with van der Waals surface area (Å²) in [5, 5.41) is 6.36. The zero-order valence-corrected chi connectivity index (χ0v) is 11.2. The number of carbonyl (C=O) groups is 1. The van der Waals surface area contributed by atoms with Crippen LogP contribution in [0.3, 0.4) is 0 Å². The molecular formula is C15H22N2O. The van der Waals surface area contributed by atoms with Gasteiger partial charge in [-0.05, 0) is 38.8 Å². The fraction of sp³-hybridized carbons (Fsp3) is 0.533. The van der Waals surface area contributed by atoms with Gasteiger partial charge in [-0.2, -0.15) is 0 Å². The van der Waals surface area contributed by atoms with Gasteiger partial charge >= 0.3 is 0 Å². The quantitative estimate of drug-likeness (QED) is 0.859. The Morgan fingerprint density at radius 2 is 2.06 bits per heavy atom. The van der Waals surface area contributed by atoms with Gasteiger partial charge in [0.05, 0.1) is 12.1 Å². The summed E-state index contributed by atoms with van der Waals surface area (Å²) in [5.74, 6) is 0.128. The van der Waals surface area contributed by atoms with Crippen molar-refractivity contribution in [3.8, 4) is 0 Å². The van der Waals surface area contributed by atoms with E-state index in [1.807, 2.05) is 6.92 Å². The van der Waals surface area contributed by atoms with Crippen molar-refractivity contribution in [1.82, 2.24) is 10.6 Å². The van der Waals surface area contributed by atoms with Crippen molar-refractivity contribution in [2.45, 2.75) is 45.2 Å². The first kappa shape index (κ1) is 13.1. The molecule has 2 atom stereocenters. The number of benzene rings is 1. The molecule has 2 rings (SSSR count). The first-order valence-corrected chi connectivity index (χ1v) is 6.77. The Morgan fingerprint density at radius 3 is 2.67 bits per heavy atom. The van der Waals surface area contributed by atoms with Crippen LogP contribution in [0.5, 0.6) is 0 Å². The molecule has 3 nitrogen and oxygen atoms in total. The minimum Gasteiger partial charge on any atom is -0.348 e. The van der Waals surface area contributed by atoms with E-state index in [9.17, 15) is 4.79 Å². The lowest BCUT2D eigenvalue weighted by Gasteiger charge is -2.24. The smallest absolute Gasteiger partial charge is 0.237 e. The van der Waals surface area contributed by atoms with Gasteiger partial charge in [-0.15, -0.1) is 0 Å². The first-order chi connectivity index (χ1) is 8.66. The zero-order valence-electron chi connectivity index (χ0n) is 11.2. The molecule has 2 N–H and O–H groups in total. The molecule has 3 heteroatoms. The molecule has 1 aliphatic rings. The van der Waals surface area contributed by atoms with E-state index in [1.54, 1.807) is 0 Å². The van der Waals surface area contributed by atoms with Gasteiger partial charge in [-0.25, -0.2) is 0 Å². The van der Waals surface area contributed by atoms with Gasteiger partial charge < -0.3 is 10.6 Å². The van der Waals surface area contributed by atoms with Crippen LogP contribution in [0, 0.1) is 6.92 Å². The van der Waals surface area contributed by atoms with Gasteiger partial charge in [0.1, 0.15) is 0 Å². The van der Waals surface area contributed by atoms with Crippen LogP contribution in [0.2, 0.25) is 0 Å². The minimum atomic E-state index is -0.00773. The molecule has 1 aromatic rings. The minimum absolute atomic E-state index is 0.00773. The second-order valence-electron chi connectivity index (χ2n) is 5.14. The molecule has 1 fully saturated rings. The summed E-state index contributed by atoms with van der Waals surface area (Å²) < 4.78 is 0. The van der Waals surface area contributed by atoms with E-state index >= 15 is 0 Å². The zero-order chi connectivity index (χ0) is 13.0. The van der Waals surface area contributed by atoms with Crippen molar-refractivity contribution in [3.05, 3.63) is 35.4 Å². The third-order valence-electron chi connectivity index (χ3n) is 3.56. The molecule has 0 unspecified atom stereocenters. The molecule has 0 aromatic heterocycles. The van der Waals surface area contributed by atoms with Crippen LogP contribution in [-0.4, -0.2) is 18.5 Å². The number of carbonyl (C=O) groups excluding carboxylic acids is 1. The Balaban J connectivity index is 1.91. The molecule has 1 aromatic carbocycles. The number of aryl methyl sites for hydroxylation is 1. The molecule has 0 spiro atoms. The van der Waals surface area contributed by atoms with Gasteiger partial charge in [0.2, 0.25) is 5.91 Å². The lowest BCUT2D eigenvalue weighted by Crippen LogP contribution is -2.47. The van der Waals surface area contributed by atoms with Crippen molar-refractivity contribution in [2.24, 2.45) is 0 Å². The number of rotatable bonds is 3. The maximum atomic E-state index is 12.1. The Hall–Kier alpha value is -1.35. The normalized spacial score (nSPS) is 21.3. The van der Waals surface area contributed by atoms with Crippen molar-refractivity contribution in [1.29, 1.82) is 0 Å². The number of piperidine rings is 1. The van der Waals surface area contributed by atoms with E-state index in [0.29, 0.717) is 0 Å². The average Bonchev–Trinajstić information content (AvgIpc) is 2.40. The predicted octanol–water partition coefficient (Wildman–Crippen LogP) is 2.31. The van der Waals surface area contributed by atoms with E-state index in [1.165, 1.54) is 12.0 Å². The fourth-order valence-electron chi connectivity index (χ4n) is 2.33. The van der Waals surface area contributed by atoms with E-state index in [0.717, 1.165) is 24.9 Å². The topological polar surface area (TPSA) is 41.1 Å². The summed E-state index contributed by atoms with van der Waals surface area (Å²) in [7, 11) is 0. The lowest BCUT2D eigenvalue weighted by molar-refractivity contribution is -0.124. The van der Waals surface area contributed by atoms with Crippen LogP contribution in [0.15, 0.2) is 24.3 Å². The second kappa shape index (κ2) is 6.01. The number of hydrogen-bond acceptors (Lipinski definition) is 2. The highest BCUT2D eigenvalue weighted by Crippen LogP contribution is 2.14. The highest BCUT2D eigenvalue weighted by molar-refractivity contribution is 5.82. The Morgan fingerprint density at radius 1 is 1.33 bits per heavy atom. The Kier molecular flexibility index (Phi) is 4.37. The van der Waals surface area contributed by atoms with Crippen LogP contribution < -0.4 is 10.6 Å². The molecule has 0 aliphatic carbocycles. The standard InChI is InChI=1S/C15H22N2O/c1-11-6-8-13(9-7-11)12(2)17-15(18)14-5-3-4-10-16-14/h6-9,12,14,16H,3-5,10H2,1-2H3,(H,17,18)/t12-,14+/m0/s1. The maximum absolute atomic E-state index is 12.1. The summed E-state index contributed by atoms with van der Waals surface area (Å²) in [4.78, 5) is 12.1. The molecule has 1 heterocycles. The lowest BCUT2D eigenvalue weighted by atomic mass is 10.0. The molecule has 18 heavy (non-hydrogen) atoms. The van der Waals surface area contributed by atoms with Crippen LogP contribution in [0.4, 0.5) is 0 Å². The SMILES string of the molecule is Cc1ccc([C@H](C)NC(=O)[C@H]2CCCCN2)cc1. The summed E-state index contributed by atoms with van der Waals surface area (Å²) in [6.45, 7) is 5.06. The van der Waals surface area contributed by atoms with Gasteiger partial charge in [-0.1, -0.05) is 36.2 Å². The molecule has 0 radical (unpaired) electrons. The third-order valence-corrected chi connectivity index (χ3v) is 3.56. The molecule has 0 bridgehead atoms. The number of hydrogen-bond donors (Lipinski definition) is 2. The molecule has 98 valence electrons. The van der Waals surface area contributed by atoms with Crippen molar-refractivity contribution in [3.63, 3.8) is 0 Å².